The number of hydrogen-bond donors (Lipinski definition) is 1. The molecule has 2 heteroatoms. The van der Waals surface area contributed by atoms with Crippen LogP contribution in [0.1, 0.15) is 40.0 Å². The summed E-state index contributed by atoms with van der Waals surface area (Å²) in [4.78, 5) is 0. The Balaban J connectivity index is 0.000000720. The van der Waals surface area contributed by atoms with Crippen LogP contribution in [0, 0.1) is 17.3 Å². The van der Waals surface area contributed by atoms with Gasteiger partial charge in [-0.3, -0.25) is 0 Å². The van der Waals surface area contributed by atoms with Crippen molar-refractivity contribution >= 4 is 12.4 Å². The van der Waals surface area contributed by atoms with Gasteiger partial charge < -0.3 is 5.73 Å². The van der Waals surface area contributed by atoms with Crippen molar-refractivity contribution in [3.63, 3.8) is 0 Å². The van der Waals surface area contributed by atoms with Crippen LogP contribution in [0.15, 0.2) is 0 Å². The molecule has 1 nitrogen and oxygen atoms in total. The third-order valence-electron chi connectivity index (χ3n) is 4.63. The molecule has 3 aliphatic carbocycles. The van der Waals surface area contributed by atoms with Gasteiger partial charge in [-0.1, -0.05) is 20.8 Å². The Labute approximate surface area is 81.5 Å². The monoisotopic (exact) mass is 189 g/mol. The van der Waals surface area contributed by atoms with E-state index in [1.807, 2.05) is 0 Å². The van der Waals surface area contributed by atoms with Gasteiger partial charge in [0.15, 0.2) is 0 Å². The normalized spacial score (nSPS) is 49.0. The average molecular weight is 190 g/mol. The van der Waals surface area contributed by atoms with Crippen molar-refractivity contribution in [2.45, 2.75) is 45.6 Å². The van der Waals surface area contributed by atoms with Gasteiger partial charge in [0.1, 0.15) is 0 Å². The van der Waals surface area contributed by atoms with Gasteiger partial charge in [0.05, 0.1) is 0 Å². The second-order valence-corrected chi connectivity index (χ2v) is 5.14. The maximum Gasteiger partial charge on any atom is 0.0237 e. The van der Waals surface area contributed by atoms with Crippen molar-refractivity contribution in [2.75, 3.05) is 0 Å². The fraction of sp³-hybridized carbons (Fsp3) is 1.00. The smallest absolute Gasteiger partial charge is 0.0237 e. The molecule has 0 radical (unpaired) electrons. The number of hydrogen-bond acceptors (Lipinski definition) is 1. The molecule has 2 unspecified atom stereocenters. The molecule has 3 rings (SSSR count). The summed E-state index contributed by atoms with van der Waals surface area (Å²) in [7, 11) is 0. The van der Waals surface area contributed by atoms with Crippen LogP contribution in [0.4, 0.5) is 0 Å². The van der Waals surface area contributed by atoms with Gasteiger partial charge in [0, 0.05) is 5.54 Å². The lowest BCUT2D eigenvalue weighted by Gasteiger charge is -2.66. The second-order valence-electron chi connectivity index (χ2n) is 5.14. The topological polar surface area (TPSA) is 26.0 Å². The van der Waals surface area contributed by atoms with E-state index < -0.39 is 0 Å². The summed E-state index contributed by atoms with van der Waals surface area (Å²) in [5, 5.41) is 0. The molecular weight excluding hydrogens is 170 g/mol. The quantitative estimate of drug-likeness (QED) is 0.623. The molecule has 0 aromatic rings. The van der Waals surface area contributed by atoms with Gasteiger partial charge in [-0.15, -0.1) is 12.4 Å². The number of rotatable bonds is 0. The van der Waals surface area contributed by atoms with E-state index in [2.05, 4.69) is 20.8 Å². The molecule has 2 bridgehead atoms. The third kappa shape index (κ3) is 0.898. The minimum Gasteiger partial charge on any atom is -0.324 e. The van der Waals surface area contributed by atoms with Crippen LogP contribution >= 0.6 is 12.4 Å². The Kier molecular flexibility index (Phi) is 2.25. The van der Waals surface area contributed by atoms with Crippen LogP contribution < -0.4 is 5.73 Å². The first-order valence-electron chi connectivity index (χ1n) is 4.77. The van der Waals surface area contributed by atoms with Crippen molar-refractivity contribution < 1.29 is 0 Å². The molecule has 3 aliphatic rings. The zero-order valence-corrected chi connectivity index (χ0v) is 9.08. The lowest BCUT2D eigenvalue weighted by atomic mass is 9.41. The number of halogens is 1. The fourth-order valence-electron chi connectivity index (χ4n) is 3.18. The van der Waals surface area contributed by atoms with E-state index in [1.54, 1.807) is 0 Å². The highest BCUT2D eigenvalue weighted by Crippen LogP contribution is 2.62. The Bertz CT molecular complexity index is 190. The highest BCUT2D eigenvalue weighted by Gasteiger charge is 2.62. The molecule has 0 amide bonds. The highest BCUT2D eigenvalue weighted by atomic mass is 35.5. The zero-order chi connectivity index (χ0) is 8.28. The van der Waals surface area contributed by atoms with E-state index in [9.17, 15) is 0 Å². The van der Waals surface area contributed by atoms with E-state index in [0.717, 1.165) is 11.8 Å². The predicted molar refractivity (Wildman–Crippen MR) is 54.5 cm³/mol. The second kappa shape index (κ2) is 2.62. The maximum atomic E-state index is 6.37. The van der Waals surface area contributed by atoms with Gasteiger partial charge in [-0.25, -0.2) is 0 Å². The van der Waals surface area contributed by atoms with Crippen molar-refractivity contribution in [3.8, 4) is 0 Å². The average Bonchev–Trinajstić information content (AvgIpc) is 1.94. The largest absolute Gasteiger partial charge is 0.324 e. The summed E-state index contributed by atoms with van der Waals surface area (Å²) in [6.07, 6.45) is 4.04. The summed E-state index contributed by atoms with van der Waals surface area (Å²) < 4.78 is 0. The SMILES string of the molecule is CC1CCC2C[C@]1(N)C2(C)C.Cl. The Morgan fingerprint density at radius 3 is 2.17 bits per heavy atom. The van der Waals surface area contributed by atoms with E-state index in [-0.39, 0.29) is 17.9 Å². The number of fused-ring (bicyclic) bond motifs is 2. The predicted octanol–water partition coefficient (Wildman–Crippen LogP) is 2.58. The molecule has 0 aromatic carbocycles. The third-order valence-corrected chi connectivity index (χ3v) is 4.63. The van der Waals surface area contributed by atoms with Gasteiger partial charge in [0.25, 0.3) is 0 Å². The molecule has 0 spiro atoms. The molecule has 3 saturated carbocycles. The fourth-order valence-corrected chi connectivity index (χ4v) is 3.18. The van der Waals surface area contributed by atoms with E-state index in [4.69, 9.17) is 5.73 Å². The van der Waals surface area contributed by atoms with Gasteiger partial charge in [0.2, 0.25) is 0 Å². The van der Waals surface area contributed by atoms with Crippen LogP contribution in [0.2, 0.25) is 0 Å². The molecule has 12 heavy (non-hydrogen) atoms. The molecule has 72 valence electrons. The summed E-state index contributed by atoms with van der Waals surface area (Å²) in [6.45, 7) is 7.00. The first-order chi connectivity index (χ1) is 4.98. The summed E-state index contributed by atoms with van der Waals surface area (Å²) in [5.41, 5.74) is 6.96. The van der Waals surface area contributed by atoms with Crippen LogP contribution in [0.5, 0.6) is 0 Å². The zero-order valence-electron chi connectivity index (χ0n) is 8.26. The minimum absolute atomic E-state index is 0. The molecule has 0 aliphatic heterocycles. The van der Waals surface area contributed by atoms with Gasteiger partial charge in [-0.05, 0) is 36.5 Å². The summed E-state index contributed by atoms with van der Waals surface area (Å²) in [6, 6.07) is 0. The Morgan fingerprint density at radius 2 is 1.83 bits per heavy atom. The van der Waals surface area contributed by atoms with Gasteiger partial charge in [-0.2, -0.15) is 0 Å². The van der Waals surface area contributed by atoms with E-state index >= 15 is 0 Å². The van der Waals surface area contributed by atoms with Gasteiger partial charge >= 0.3 is 0 Å². The molecular formula is C10H20ClN. The standard InChI is InChI=1S/C10H19N.ClH/c1-7-4-5-8-6-10(7,11)9(8,2)3;/h7-8H,4-6,11H2,1-3H3;1H/t7?,8?,10-;/m1./s1. The van der Waals surface area contributed by atoms with Crippen LogP contribution in [-0.2, 0) is 0 Å². The first-order valence-corrected chi connectivity index (χ1v) is 4.77. The Hall–Kier alpha value is 0.250. The lowest BCUT2D eigenvalue weighted by Crippen LogP contribution is -2.72. The van der Waals surface area contributed by atoms with E-state index in [0.29, 0.717) is 5.41 Å². The van der Waals surface area contributed by atoms with E-state index in [1.165, 1.54) is 19.3 Å². The van der Waals surface area contributed by atoms with Crippen molar-refractivity contribution in [1.82, 2.24) is 0 Å². The Morgan fingerprint density at radius 1 is 1.25 bits per heavy atom. The molecule has 3 atom stereocenters. The van der Waals surface area contributed by atoms with Crippen molar-refractivity contribution in [2.24, 2.45) is 23.0 Å². The van der Waals surface area contributed by atoms with Crippen molar-refractivity contribution in [3.05, 3.63) is 0 Å². The molecule has 0 aromatic heterocycles. The first kappa shape index (κ1) is 10.3. The lowest BCUT2D eigenvalue weighted by molar-refractivity contribution is -0.123. The molecule has 3 fully saturated rings. The van der Waals surface area contributed by atoms with Crippen LogP contribution in [0.3, 0.4) is 0 Å². The molecule has 2 N–H and O–H groups in total. The molecule has 0 heterocycles. The van der Waals surface area contributed by atoms with Crippen LogP contribution in [-0.4, -0.2) is 5.54 Å². The van der Waals surface area contributed by atoms with Crippen LogP contribution in [0.25, 0.3) is 0 Å². The molecule has 0 saturated heterocycles. The number of nitrogens with two attached hydrogens (primary N) is 1. The minimum atomic E-state index is 0. The highest BCUT2D eigenvalue weighted by molar-refractivity contribution is 5.85. The summed E-state index contributed by atoms with van der Waals surface area (Å²) >= 11 is 0. The maximum absolute atomic E-state index is 6.37. The van der Waals surface area contributed by atoms with Crippen molar-refractivity contribution in [1.29, 1.82) is 0 Å². The summed E-state index contributed by atoms with van der Waals surface area (Å²) in [5.74, 6) is 1.66.